The highest BCUT2D eigenvalue weighted by atomic mass is 35.5. The van der Waals surface area contributed by atoms with Gasteiger partial charge in [0.15, 0.2) is 0 Å². The first kappa shape index (κ1) is 21.0. The second-order valence-corrected chi connectivity index (χ2v) is 6.56. The molecule has 3 aromatic rings. The number of anilines is 1. The molecule has 0 heterocycles. The van der Waals surface area contributed by atoms with Crippen molar-refractivity contribution in [1.29, 1.82) is 0 Å². The molecule has 0 aliphatic heterocycles. The van der Waals surface area contributed by atoms with E-state index in [-0.39, 0.29) is 5.69 Å². The number of benzene rings is 3. The smallest absolute Gasteiger partial charge is 0.329 e. The van der Waals surface area contributed by atoms with Gasteiger partial charge in [-0.3, -0.25) is 9.59 Å². The van der Waals surface area contributed by atoms with Crippen LogP contribution in [0.4, 0.5) is 10.1 Å². The zero-order valence-corrected chi connectivity index (χ0v) is 16.4. The fourth-order valence-electron chi connectivity index (χ4n) is 2.40. The Labute approximate surface area is 177 Å². The summed E-state index contributed by atoms with van der Waals surface area (Å²) in [6.07, 6.45) is 1.37. The molecular formula is C22H17ClFN3O3. The van der Waals surface area contributed by atoms with Crippen molar-refractivity contribution in [2.24, 2.45) is 5.10 Å². The number of amides is 2. The number of rotatable bonds is 6. The molecular weight excluding hydrogens is 409 g/mol. The van der Waals surface area contributed by atoms with Gasteiger partial charge in [0, 0.05) is 5.02 Å². The fourth-order valence-corrected chi connectivity index (χ4v) is 2.61. The van der Waals surface area contributed by atoms with Crippen molar-refractivity contribution in [2.45, 2.75) is 6.61 Å². The van der Waals surface area contributed by atoms with Crippen molar-refractivity contribution in [2.75, 3.05) is 5.32 Å². The third kappa shape index (κ3) is 6.15. The fraction of sp³-hybridized carbons (Fsp3) is 0.0455. The molecule has 0 aliphatic rings. The summed E-state index contributed by atoms with van der Waals surface area (Å²) >= 11 is 5.94. The Balaban J connectivity index is 1.48. The predicted molar refractivity (Wildman–Crippen MR) is 113 cm³/mol. The molecule has 30 heavy (non-hydrogen) atoms. The molecule has 2 amide bonds. The lowest BCUT2D eigenvalue weighted by Gasteiger charge is -2.07. The van der Waals surface area contributed by atoms with E-state index in [0.29, 0.717) is 22.9 Å². The maximum atomic E-state index is 13.5. The lowest BCUT2D eigenvalue weighted by molar-refractivity contribution is -0.136. The maximum Gasteiger partial charge on any atom is 0.329 e. The van der Waals surface area contributed by atoms with Crippen LogP contribution in [0.15, 0.2) is 77.9 Å². The monoisotopic (exact) mass is 425 g/mol. The number of carbonyl (C=O) groups is 2. The number of nitrogens with one attached hydrogen (secondary N) is 2. The van der Waals surface area contributed by atoms with E-state index in [1.807, 2.05) is 18.2 Å². The molecule has 0 unspecified atom stereocenters. The van der Waals surface area contributed by atoms with Gasteiger partial charge in [-0.1, -0.05) is 35.9 Å². The highest BCUT2D eigenvalue weighted by molar-refractivity contribution is 6.39. The van der Waals surface area contributed by atoms with Crippen molar-refractivity contribution in [3.05, 3.63) is 94.8 Å². The van der Waals surface area contributed by atoms with E-state index in [4.69, 9.17) is 16.3 Å². The van der Waals surface area contributed by atoms with Crippen molar-refractivity contribution in [1.82, 2.24) is 5.43 Å². The molecule has 0 spiro atoms. The normalized spacial score (nSPS) is 10.6. The summed E-state index contributed by atoms with van der Waals surface area (Å²) in [5, 5.41) is 6.54. The quantitative estimate of drug-likeness (QED) is 0.354. The van der Waals surface area contributed by atoms with E-state index >= 15 is 0 Å². The van der Waals surface area contributed by atoms with Gasteiger partial charge in [-0.05, 0) is 59.7 Å². The Bertz CT molecular complexity index is 1070. The average molecular weight is 426 g/mol. The molecule has 2 N–H and O–H groups in total. The van der Waals surface area contributed by atoms with Crippen molar-refractivity contribution in [3.63, 3.8) is 0 Å². The summed E-state index contributed by atoms with van der Waals surface area (Å²) in [5.74, 6) is -2.03. The molecule has 6 nitrogen and oxygen atoms in total. The van der Waals surface area contributed by atoms with Gasteiger partial charge in [0.1, 0.15) is 18.2 Å². The van der Waals surface area contributed by atoms with E-state index in [1.54, 1.807) is 30.3 Å². The molecule has 8 heteroatoms. The Morgan fingerprint density at radius 1 is 1.00 bits per heavy atom. The number of hydrazone groups is 1. The minimum Gasteiger partial charge on any atom is -0.489 e. The standard InChI is InChI=1S/C22H17ClFN3O3/c23-17-5-3-4-16(12-17)14-30-18-10-8-15(9-11-18)13-25-27-22(29)21(28)26-20-7-2-1-6-19(20)24/h1-13H,14H2,(H,26,28)(H,27,29). The van der Waals surface area contributed by atoms with Crippen LogP contribution >= 0.6 is 11.6 Å². The molecule has 0 fully saturated rings. The van der Waals surface area contributed by atoms with E-state index < -0.39 is 17.6 Å². The minimum atomic E-state index is -1.03. The van der Waals surface area contributed by atoms with Gasteiger partial charge in [-0.25, -0.2) is 9.82 Å². The summed E-state index contributed by atoms with van der Waals surface area (Å²) in [4.78, 5) is 23.5. The number of hydrogen-bond acceptors (Lipinski definition) is 4. The van der Waals surface area contributed by atoms with Crippen LogP contribution in [0.1, 0.15) is 11.1 Å². The van der Waals surface area contributed by atoms with Crippen LogP contribution in [-0.4, -0.2) is 18.0 Å². The van der Waals surface area contributed by atoms with E-state index in [0.717, 1.165) is 5.56 Å². The third-order valence-electron chi connectivity index (χ3n) is 3.88. The van der Waals surface area contributed by atoms with E-state index in [1.165, 1.54) is 30.5 Å². The summed E-state index contributed by atoms with van der Waals surface area (Å²) in [6.45, 7) is 0.376. The molecule has 3 rings (SSSR count). The van der Waals surface area contributed by atoms with Gasteiger partial charge in [-0.2, -0.15) is 5.10 Å². The van der Waals surface area contributed by atoms with Gasteiger partial charge in [-0.15, -0.1) is 0 Å². The summed E-state index contributed by atoms with van der Waals surface area (Å²) in [6, 6.07) is 19.9. The first-order valence-electron chi connectivity index (χ1n) is 8.87. The number of hydrogen-bond donors (Lipinski definition) is 2. The molecule has 0 aliphatic carbocycles. The zero-order chi connectivity index (χ0) is 21.3. The van der Waals surface area contributed by atoms with Gasteiger partial charge in [0.05, 0.1) is 11.9 Å². The number of nitrogens with zero attached hydrogens (tertiary/aromatic N) is 1. The van der Waals surface area contributed by atoms with Gasteiger partial charge in [0.2, 0.25) is 0 Å². The molecule has 0 atom stereocenters. The van der Waals surface area contributed by atoms with E-state index in [2.05, 4.69) is 15.8 Å². The average Bonchev–Trinajstić information content (AvgIpc) is 2.75. The highest BCUT2D eigenvalue weighted by Gasteiger charge is 2.14. The molecule has 0 saturated carbocycles. The first-order chi connectivity index (χ1) is 14.5. The number of carbonyl (C=O) groups excluding carboxylic acids is 2. The van der Waals surface area contributed by atoms with Crippen LogP contribution in [-0.2, 0) is 16.2 Å². The number of halogens is 2. The Morgan fingerprint density at radius 3 is 2.50 bits per heavy atom. The Morgan fingerprint density at radius 2 is 1.77 bits per heavy atom. The molecule has 0 radical (unpaired) electrons. The number of para-hydroxylation sites is 1. The Kier molecular flexibility index (Phi) is 7.13. The Hall–Kier alpha value is -3.71. The molecule has 0 bridgehead atoms. The van der Waals surface area contributed by atoms with Crippen molar-refractivity contribution < 1.29 is 18.7 Å². The molecule has 0 saturated heterocycles. The summed E-state index contributed by atoms with van der Waals surface area (Å²) in [7, 11) is 0. The maximum absolute atomic E-state index is 13.5. The first-order valence-corrected chi connectivity index (χ1v) is 9.25. The van der Waals surface area contributed by atoms with Crippen LogP contribution < -0.4 is 15.5 Å². The van der Waals surface area contributed by atoms with Gasteiger partial charge < -0.3 is 10.1 Å². The predicted octanol–water partition coefficient (Wildman–Crippen LogP) is 4.15. The third-order valence-corrected chi connectivity index (χ3v) is 4.12. The summed E-state index contributed by atoms with van der Waals surface area (Å²) < 4.78 is 19.2. The van der Waals surface area contributed by atoms with Crippen LogP contribution in [0.25, 0.3) is 0 Å². The SMILES string of the molecule is O=C(NN=Cc1ccc(OCc2cccc(Cl)c2)cc1)C(=O)Nc1ccccc1F. The van der Waals surface area contributed by atoms with Gasteiger partial charge >= 0.3 is 11.8 Å². The van der Waals surface area contributed by atoms with Crippen LogP contribution in [0.3, 0.4) is 0 Å². The lowest BCUT2D eigenvalue weighted by atomic mass is 10.2. The van der Waals surface area contributed by atoms with Crippen molar-refractivity contribution in [3.8, 4) is 5.75 Å². The van der Waals surface area contributed by atoms with Crippen LogP contribution in [0.2, 0.25) is 5.02 Å². The van der Waals surface area contributed by atoms with Gasteiger partial charge in [0.25, 0.3) is 0 Å². The lowest BCUT2D eigenvalue weighted by Crippen LogP contribution is -2.32. The topological polar surface area (TPSA) is 79.8 Å². The van der Waals surface area contributed by atoms with Crippen LogP contribution in [0.5, 0.6) is 5.75 Å². The zero-order valence-electron chi connectivity index (χ0n) is 15.6. The second kappa shape index (κ2) is 10.2. The van der Waals surface area contributed by atoms with Crippen molar-refractivity contribution >= 4 is 35.3 Å². The number of ether oxygens (including phenoxy) is 1. The second-order valence-electron chi connectivity index (χ2n) is 6.12. The highest BCUT2D eigenvalue weighted by Crippen LogP contribution is 2.16. The molecule has 3 aromatic carbocycles. The van der Waals surface area contributed by atoms with Crippen LogP contribution in [0, 0.1) is 5.82 Å². The minimum absolute atomic E-state index is 0.0880. The summed E-state index contributed by atoms with van der Waals surface area (Å²) in [5.41, 5.74) is 3.63. The largest absolute Gasteiger partial charge is 0.489 e. The molecule has 0 aromatic heterocycles. The van der Waals surface area contributed by atoms with E-state index in [9.17, 15) is 14.0 Å². The molecule has 152 valence electrons.